The fourth-order valence-corrected chi connectivity index (χ4v) is 2.92. The van der Waals surface area contributed by atoms with Gasteiger partial charge in [0.1, 0.15) is 0 Å². The lowest BCUT2D eigenvalue weighted by Gasteiger charge is -2.03. The zero-order chi connectivity index (χ0) is 21.3. The van der Waals surface area contributed by atoms with E-state index >= 15 is 0 Å². The van der Waals surface area contributed by atoms with E-state index in [0.29, 0.717) is 24.2 Å². The van der Waals surface area contributed by atoms with Crippen LogP contribution in [0.4, 0.5) is 8.78 Å². The zero-order valence-corrected chi connectivity index (χ0v) is 17.1. The second kappa shape index (κ2) is 10.4. The molecule has 3 heteroatoms. The summed E-state index contributed by atoms with van der Waals surface area (Å²) in [6, 6.07) is 18.4. The van der Waals surface area contributed by atoms with Gasteiger partial charge in [-0.15, -0.1) is 0 Å². The van der Waals surface area contributed by atoms with Crippen molar-refractivity contribution < 1.29 is 13.5 Å². The van der Waals surface area contributed by atoms with Crippen LogP contribution in [0.25, 0.3) is 0 Å². The van der Waals surface area contributed by atoms with Gasteiger partial charge in [-0.2, -0.15) is 0 Å². The first kappa shape index (κ1) is 21.3. The molecule has 0 aliphatic carbocycles. The monoisotopic (exact) mass is 400 g/mol. The van der Waals surface area contributed by atoms with E-state index in [4.69, 9.17) is 4.74 Å². The summed E-state index contributed by atoms with van der Waals surface area (Å²) in [6.45, 7) is 2.51. The van der Waals surface area contributed by atoms with Gasteiger partial charge in [0.05, 0.1) is 12.2 Å². The normalized spacial score (nSPS) is 10.0. The van der Waals surface area contributed by atoms with E-state index in [9.17, 15) is 8.78 Å². The van der Waals surface area contributed by atoms with Gasteiger partial charge in [0, 0.05) is 23.8 Å². The Morgan fingerprint density at radius 2 is 1.23 bits per heavy atom. The molecule has 150 valence electrons. The molecule has 0 bridgehead atoms. The Kier molecular flexibility index (Phi) is 7.39. The lowest BCUT2D eigenvalue weighted by atomic mass is 10.1. The average molecular weight is 400 g/mol. The third kappa shape index (κ3) is 5.57. The molecule has 0 saturated carbocycles. The number of aryl methyl sites for hydroxylation is 1. The van der Waals surface area contributed by atoms with Crippen molar-refractivity contribution in [3.05, 3.63) is 106 Å². The van der Waals surface area contributed by atoms with Crippen LogP contribution < -0.4 is 0 Å². The highest BCUT2D eigenvalue weighted by atomic mass is 19.2. The van der Waals surface area contributed by atoms with E-state index < -0.39 is 11.6 Å². The number of rotatable bonds is 4. The van der Waals surface area contributed by atoms with Crippen LogP contribution in [-0.2, 0) is 17.8 Å². The minimum Gasteiger partial charge on any atom is -0.380 e. The number of halogens is 2. The van der Waals surface area contributed by atoms with Crippen LogP contribution in [-0.4, -0.2) is 7.11 Å². The number of hydrogen-bond donors (Lipinski definition) is 0. The highest BCUT2D eigenvalue weighted by molar-refractivity contribution is 5.48. The smallest absolute Gasteiger partial charge is 0.174 e. The van der Waals surface area contributed by atoms with E-state index in [1.54, 1.807) is 13.2 Å². The molecular weight excluding hydrogens is 378 g/mol. The first-order valence-corrected chi connectivity index (χ1v) is 9.79. The molecular formula is C27H22F2O. The van der Waals surface area contributed by atoms with Gasteiger partial charge in [-0.05, 0) is 60.0 Å². The van der Waals surface area contributed by atoms with Crippen LogP contribution in [0.15, 0.2) is 60.7 Å². The largest absolute Gasteiger partial charge is 0.380 e. The lowest BCUT2D eigenvalue weighted by Crippen LogP contribution is -1.97. The molecule has 0 spiro atoms. The maximum Gasteiger partial charge on any atom is 0.174 e. The van der Waals surface area contributed by atoms with Crippen LogP contribution in [0.2, 0.25) is 0 Å². The summed E-state index contributed by atoms with van der Waals surface area (Å²) >= 11 is 0. The zero-order valence-electron chi connectivity index (χ0n) is 17.1. The molecule has 0 N–H and O–H groups in total. The van der Waals surface area contributed by atoms with E-state index in [-0.39, 0.29) is 5.56 Å². The molecule has 30 heavy (non-hydrogen) atoms. The molecule has 0 unspecified atom stereocenters. The summed E-state index contributed by atoms with van der Waals surface area (Å²) < 4.78 is 33.3. The van der Waals surface area contributed by atoms with Gasteiger partial charge in [0.2, 0.25) is 0 Å². The fraction of sp³-hybridized carbons (Fsp3) is 0.185. The standard InChI is InChI=1S/C27H22F2O/c1-3-4-24-17-18-25(27(29)26(24)28)16-15-22-9-7-20(8-10-22)5-6-21-11-13-23(14-12-21)19-30-2/h7-14,17-18H,3-4,19H2,1-2H3. The summed E-state index contributed by atoms with van der Waals surface area (Å²) in [7, 11) is 1.67. The Morgan fingerprint density at radius 3 is 1.77 bits per heavy atom. The molecule has 0 atom stereocenters. The van der Waals surface area contributed by atoms with Crippen LogP contribution in [0.3, 0.4) is 0 Å². The highest BCUT2D eigenvalue weighted by Crippen LogP contribution is 2.17. The van der Waals surface area contributed by atoms with E-state index in [1.165, 1.54) is 6.07 Å². The highest BCUT2D eigenvalue weighted by Gasteiger charge is 2.11. The summed E-state index contributed by atoms with van der Waals surface area (Å²) in [4.78, 5) is 0. The molecule has 0 radical (unpaired) electrons. The maximum absolute atomic E-state index is 14.2. The SMILES string of the molecule is CCCc1ccc(C#Cc2ccc(C#Cc3ccc(COC)cc3)cc2)c(F)c1F. The predicted octanol–water partition coefficient (Wildman–Crippen LogP) is 5.86. The van der Waals surface area contributed by atoms with Crippen molar-refractivity contribution in [2.45, 2.75) is 26.4 Å². The fourth-order valence-electron chi connectivity index (χ4n) is 2.92. The van der Waals surface area contributed by atoms with Crippen molar-refractivity contribution in [3.63, 3.8) is 0 Å². The molecule has 0 saturated heterocycles. The van der Waals surface area contributed by atoms with Crippen molar-refractivity contribution in [3.8, 4) is 23.7 Å². The Balaban J connectivity index is 1.71. The topological polar surface area (TPSA) is 9.23 Å². The van der Waals surface area contributed by atoms with Gasteiger partial charge < -0.3 is 4.74 Å². The summed E-state index contributed by atoms with van der Waals surface area (Å²) in [6.07, 6.45) is 1.27. The molecule has 1 nitrogen and oxygen atoms in total. The van der Waals surface area contributed by atoms with Gasteiger partial charge in [0.15, 0.2) is 11.6 Å². The minimum absolute atomic E-state index is 0.0631. The average Bonchev–Trinajstić information content (AvgIpc) is 2.77. The first-order chi connectivity index (χ1) is 14.6. The molecule has 0 aromatic heterocycles. The number of benzene rings is 3. The Morgan fingerprint density at radius 1 is 0.700 bits per heavy atom. The molecule has 0 aliphatic rings. The maximum atomic E-state index is 14.2. The van der Waals surface area contributed by atoms with Crippen molar-refractivity contribution in [2.75, 3.05) is 7.11 Å². The quantitative estimate of drug-likeness (QED) is 0.498. The predicted molar refractivity (Wildman–Crippen MR) is 116 cm³/mol. The van der Waals surface area contributed by atoms with E-state index in [1.807, 2.05) is 55.5 Å². The van der Waals surface area contributed by atoms with Gasteiger partial charge in [0.25, 0.3) is 0 Å². The van der Waals surface area contributed by atoms with Gasteiger partial charge in [-0.3, -0.25) is 0 Å². The number of hydrogen-bond acceptors (Lipinski definition) is 1. The third-order valence-electron chi connectivity index (χ3n) is 4.52. The van der Waals surface area contributed by atoms with Crippen LogP contribution in [0.1, 0.15) is 46.7 Å². The van der Waals surface area contributed by atoms with Crippen LogP contribution in [0, 0.1) is 35.3 Å². The van der Waals surface area contributed by atoms with Gasteiger partial charge >= 0.3 is 0 Å². The van der Waals surface area contributed by atoms with E-state index in [2.05, 4.69) is 23.7 Å². The third-order valence-corrected chi connectivity index (χ3v) is 4.52. The Hall–Kier alpha value is -3.40. The second-order valence-corrected chi connectivity index (χ2v) is 6.86. The first-order valence-electron chi connectivity index (χ1n) is 9.79. The van der Waals surface area contributed by atoms with Crippen molar-refractivity contribution in [1.82, 2.24) is 0 Å². The second-order valence-electron chi connectivity index (χ2n) is 6.86. The van der Waals surface area contributed by atoms with Crippen molar-refractivity contribution >= 4 is 0 Å². The molecule has 0 amide bonds. The van der Waals surface area contributed by atoms with Crippen LogP contribution in [0.5, 0.6) is 0 Å². The van der Waals surface area contributed by atoms with Crippen molar-refractivity contribution in [1.29, 1.82) is 0 Å². The van der Waals surface area contributed by atoms with Crippen molar-refractivity contribution in [2.24, 2.45) is 0 Å². The molecule has 3 aromatic rings. The Labute approximate surface area is 176 Å². The van der Waals surface area contributed by atoms with Gasteiger partial charge in [-0.25, -0.2) is 8.78 Å². The Bertz CT molecular complexity index is 1120. The summed E-state index contributed by atoms with van der Waals surface area (Å²) in [5.41, 5.74) is 4.03. The molecule has 0 fully saturated rings. The molecule has 3 rings (SSSR count). The van der Waals surface area contributed by atoms with Crippen LogP contribution >= 0.6 is 0 Å². The molecule has 0 heterocycles. The van der Waals surface area contributed by atoms with E-state index in [0.717, 1.165) is 23.1 Å². The lowest BCUT2D eigenvalue weighted by molar-refractivity contribution is 0.185. The molecule has 0 aliphatic heterocycles. The minimum atomic E-state index is -0.882. The van der Waals surface area contributed by atoms with Gasteiger partial charge in [-0.1, -0.05) is 55.2 Å². The summed E-state index contributed by atoms with van der Waals surface area (Å²) in [5.74, 6) is 10.1. The summed E-state index contributed by atoms with van der Waals surface area (Å²) in [5, 5.41) is 0. The molecule has 3 aromatic carbocycles. The number of methoxy groups -OCH3 is 1. The number of ether oxygens (including phenoxy) is 1.